The molecule has 1 atom stereocenters. The smallest absolute Gasteiger partial charge is 0.153 e. The quantitative estimate of drug-likeness (QED) is 0.735. The molecule has 8 heteroatoms. The Bertz CT molecular complexity index is 984. The van der Waals surface area contributed by atoms with Crippen LogP contribution in [0.3, 0.4) is 0 Å². The number of aryl methyl sites for hydroxylation is 1. The van der Waals surface area contributed by atoms with Crippen LogP contribution in [0, 0.1) is 23.7 Å². The minimum Gasteiger partial charge on any atom is -0.390 e. The molecule has 1 aromatic carbocycles. The molecule has 1 aromatic heterocycles. The third kappa shape index (κ3) is 3.90. The second-order valence-corrected chi connectivity index (χ2v) is 9.63. The molecule has 1 aliphatic carbocycles. The fourth-order valence-corrected chi connectivity index (χ4v) is 5.90. The Morgan fingerprint density at radius 2 is 2.10 bits per heavy atom. The van der Waals surface area contributed by atoms with Gasteiger partial charge in [-0.1, -0.05) is 35.9 Å². The van der Waals surface area contributed by atoms with Crippen LogP contribution in [-0.4, -0.2) is 34.2 Å². The average Bonchev–Trinajstić information content (AvgIpc) is 3.10. The number of nitrogens with two attached hydrogens (primary N) is 1. The molecule has 2 aliphatic rings. The van der Waals surface area contributed by atoms with Gasteiger partial charge in [-0.05, 0) is 50.2 Å². The number of aromatic nitrogens is 2. The van der Waals surface area contributed by atoms with E-state index in [2.05, 4.69) is 11.0 Å². The molecule has 2 fully saturated rings. The lowest BCUT2D eigenvalue weighted by Crippen LogP contribution is -2.47. The van der Waals surface area contributed by atoms with Crippen molar-refractivity contribution in [1.82, 2.24) is 9.97 Å². The molecule has 0 radical (unpaired) electrons. The fourth-order valence-electron chi connectivity index (χ4n) is 4.71. The Labute approximate surface area is 186 Å². The first-order chi connectivity index (χ1) is 14.5. The number of anilines is 1. The van der Waals surface area contributed by atoms with Gasteiger partial charge in [-0.3, -0.25) is 0 Å². The number of aliphatic hydroxyl groups is 1. The SMILES string of the molecule is Cc1nc(N2CCC3(CCC[C@H]3N)CC2)c(CO)nc1Sc1cccc(C#N)c1Cl. The first-order valence-corrected chi connectivity index (χ1v) is 11.5. The van der Waals surface area contributed by atoms with Gasteiger partial charge in [-0.2, -0.15) is 5.26 Å². The Balaban J connectivity index is 1.57. The summed E-state index contributed by atoms with van der Waals surface area (Å²) in [7, 11) is 0. The number of rotatable bonds is 4. The number of nitriles is 1. The fraction of sp³-hybridized carbons (Fsp3) is 0.500. The summed E-state index contributed by atoms with van der Waals surface area (Å²) in [5.41, 5.74) is 8.47. The van der Waals surface area contributed by atoms with Gasteiger partial charge in [-0.25, -0.2) is 9.97 Å². The minimum absolute atomic E-state index is 0.177. The van der Waals surface area contributed by atoms with Crippen LogP contribution in [0.1, 0.15) is 49.1 Å². The highest BCUT2D eigenvalue weighted by Crippen LogP contribution is 2.46. The first kappa shape index (κ1) is 21.4. The van der Waals surface area contributed by atoms with Crippen molar-refractivity contribution in [2.45, 2.75) is 61.6 Å². The predicted octanol–water partition coefficient (Wildman–Crippen LogP) is 4.05. The lowest BCUT2D eigenvalue weighted by molar-refractivity contribution is 0.196. The van der Waals surface area contributed by atoms with E-state index in [1.165, 1.54) is 24.6 Å². The maximum absolute atomic E-state index is 9.99. The molecule has 1 aliphatic heterocycles. The molecule has 1 saturated heterocycles. The van der Waals surface area contributed by atoms with Crippen LogP contribution in [0.2, 0.25) is 5.02 Å². The van der Waals surface area contributed by atoms with Crippen LogP contribution in [-0.2, 0) is 6.61 Å². The maximum atomic E-state index is 9.99. The van der Waals surface area contributed by atoms with Crippen molar-refractivity contribution >= 4 is 29.2 Å². The highest BCUT2D eigenvalue weighted by Gasteiger charge is 2.43. The van der Waals surface area contributed by atoms with Crippen LogP contribution in [0.4, 0.5) is 5.82 Å². The van der Waals surface area contributed by atoms with Crippen molar-refractivity contribution in [3.8, 4) is 6.07 Å². The summed E-state index contributed by atoms with van der Waals surface area (Å²) >= 11 is 7.72. The molecule has 3 N–H and O–H groups in total. The standard InChI is InChI=1S/C22H26ClN5OS/c1-14-21(30-17-5-2-4-15(12-24)19(17)23)27-16(13-29)20(26-14)28-10-8-22(9-11-28)7-3-6-18(22)25/h2,4-5,18,29H,3,6-11,13,25H2,1H3/t18-/m1/s1. The topological polar surface area (TPSA) is 99.1 Å². The van der Waals surface area contributed by atoms with Gasteiger partial charge in [0, 0.05) is 24.0 Å². The summed E-state index contributed by atoms with van der Waals surface area (Å²) in [6, 6.07) is 7.75. The summed E-state index contributed by atoms with van der Waals surface area (Å²) < 4.78 is 0. The Morgan fingerprint density at radius 3 is 2.73 bits per heavy atom. The molecular weight excluding hydrogens is 418 g/mol. The third-order valence-electron chi connectivity index (χ3n) is 6.55. The Hall–Kier alpha value is -1.85. The summed E-state index contributed by atoms with van der Waals surface area (Å²) in [5.74, 6) is 0.762. The molecule has 6 nitrogen and oxygen atoms in total. The monoisotopic (exact) mass is 443 g/mol. The van der Waals surface area contributed by atoms with Gasteiger partial charge in [0.2, 0.25) is 0 Å². The van der Waals surface area contributed by atoms with Gasteiger partial charge in [0.05, 0.1) is 22.9 Å². The van der Waals surface area contributed by atoms with Gasteiger partial charge in [0.15, 0.2) is 5.82 Å². The van der Waals surface area contributed by atoms with E-state index in [4.69, 9.17) is 27.3 Å². The van der Waals surface area contributed by atoms with E-state index >= 15 is 0 Å². The molecule has 1 saturated carbocycles. The van der Waals surface area contributed by atoms with Crippen molar-refractivity contribution in [3.63, 3.8) is 0 Å². The molecule has 0 amide bonds. The molecule has 2 heterocycles. The largest absolute Gasteiger partial charge is 0.390 e. The zero-order valence-corrected chi connectivity index (χ0v) is 18.6. The van der Waals surface area contributed by atoms with E-state index in [1.54, 1.807) is 12.1 Å². The summed E-state index contributed by atoms with van der Waals surface area (Å²) in [4.78, 5) is 12.5. The van der Waals surface area contributed by atoms with Crippen LogP contribution in [0.5, 0.6) is 0 Å². The molecule has 0 bridgehead atoms. The second-order valence-electron chi connectivity index (χ2n) is 8.22. The van der Waals surface area contributed by atoms with Crippen molar-refractivity contribution in [3.05, 3.63) is 40.2 Å². The zero-order chi connectivity index (χ0) is 21.3. The highest BCUT2D eigenvalue weighted by atomic mass is 35.5. The van der Waals surface area contributed by atoms with Gasteiger partial charge in [0.1, 0.15) is 16.8 Å². The highest BCUT2D eigenvalue weighted by molar-refractivity contribution is 7.99. The molecular formula is C22H26ClN5OS. The van der Waals surface area contributed by atoms with Crippen LogP contribution >= 0.6 is 23.4 Å². The Morgan fingerprint density at radius 1 is 1.33 bits per heavy atom. The second kappa shape index (κ2) is 8.72. The molecule has 30 heavy (non-hydrogen) atoms. The van der Waals surface area contributed by atoms with Gasteiger partial charge in [0.25, 0.3) is 0 Å². The van der Waals surface area contributed by atoms with E-state index < -0.39 is 0 Å². The number of hydrogen-bond acceptors (Lipinski definition) is 7. The van der Waals surface area contributed by atoms with Crippen molar-refractivity contribution in [2.24, 2.45) is 11.1 Å². The minimum atomic E-state index is -0.177. The molecule has 0 unspecified atom stereocenters. The van der Waals surface area contributed by atoms with E-state index in [-0.39, 0.29) is 12.0 Å². The van der Waals surface area contributed by atoms with E-state index in [1.807, 2.05) is 13.0 Å². The maximum Gasteiger partial charge on any atom is 0.153 e. The van der Waals surface area contributed by atoms with Crippen LogP contribution in [0.15, 0.2) is 28.1 Å². The lowest BCUT2D eigenvalue weighted by atomic mass is 9.74. The number of piperidine rings is 1. The van der Waals surface area contributed by atoms with Gasteiger partial charge in [-0.15, -0.1) is 0 Å². The van der Waals surface area contributed by atoms with Gasteiger partial charge >= 0.3 is 0 Å². The number of hydrogen-bond donors (Lipinski definition) is 2. The number of aliphatic hydroxyl groups excluding tert-OH is 1. The van der Waals surface area contributed by atoms with Crippen LogP contribution in [0.25, 0.3) is 0 Å². The average molecular weight is 444 g/mol. The molecule has 2 aromatic rings. The lowest BCUT2D eigenvalue weighted by Gasteiger charge is -2.42. The normalized spacial score (nSPS) is 20.5. The summed E-state index contributed by atoms with van der Waals surface area (Å²) in [6.45, 7) is 3.51. The first-order valence-electron chi connectivity index (χ1n) is 10.3. The Kier molecular flexibility index (Phi) is 6.21. The number of nitrogens with zero attached hydrogens (tertiary/aromatic N) is 4. The van der Waals surface area contributed by atoms with Crippen molar-refractivity contribution in [2.75, 3.05) is 18.0 Å². The van der Waals surface area contributed by atoms with E-state index in [0.717, 1.165) is 48.8 Å². The van der Waals surface area contributed by atoms with Crippen molar-refractivity contribution in [1.29, 1.82) is 5.26 Å². The molecule has 4 rings (SSSR count). The third-order valence-corrected chi connectivity index (χ3v) is 8.21. The molecule has 158 valence electrons. The van der Waals surface area contributed by atoms with E-state index in [9.17, 15) is 10.4 Å². The van der Waals surface area contributed by atoms with Gasteiger partial charge < -0.3 is 15.7 Å². The van der Waals surface area contributed by atoms with Crippen molar-refractivity contribution < 1.29 is 5.11 Å². The summed E-state index contributed by atoms with van der Waals surface area (Å²) in [6.07, 6.45) is 5.70. The number of benzene rings is 1. The molecule has 1 spiro atoms. The predicted molar refractivity (Wildman–Crippen MR) is 119 cm³/mol. The zero-order valence-electron chi connectivity index (χ0n) is 17.1. The number of halogens is 1. The summed E-state index contributed by atoms with van der Waals surface area (Å²) in [5, 5.41) is 20.3. The van der Waals surface area contributed by atoms with Crippen LogP contribution < -0.4 is 10.6 Å². The van der Waals surface area contributed by atoms with E-state index in [0.29, 0.717) is 27.3 Å².